The van der Waals surface area contributed by atoms with Gasteiger partial charge in [0.1, 0.15) is 6.10 Å². The van der Waals surface area contributed by atoms with Gasteiger partial charge in [-0.2, -0.15) is 0 Å². The Labute approximate surface area is 76.6 Å². The van der Waals surface area contributed by atoms with Crippen LogP contribution in [0.2, 0.25) is 0 Å². The van der Waals surface area contributed by atoms with Crippen LogP contribution in [0.4, 0.5) is 0 Å². The first-order chi connectivity index (χ1) is 5.99. The van der Waals surface area contributed by atoms with Gasteiger partial charge in [0.05, 0.1) is 6.61 Å². The summed E-state index contributed by atoms with van der Waals surface area (Å²) in [5.41, 5.74) is 0. The zero-order chi connectivity index (χ0) is 10.4. The molecule has 0 saturated carbocycles. The fourth-order valence-electron chi connectivity index (χ4n) is 0.746. The molecular formula is C8H14O5. The quantitative estimate of drug-likeness (QED) is 0.625. The first-order valence-corrected chi connectivity index (χ1v) is 4.01. The van der Waals surface area contributed by atoms with Crippen molar-refractivity contribution >= 4 is 11.9 Å². The van der Waals surface area contributed by atoms with Gasteiger partial charge in [-0.1, -0.05) is 0 Å². The van der Waals surface area contributed by atoms with Gasteiger partial charge in [-0.15, -0.1) is 0 Å². The van der Waals surface area contributed by atoms with Crippen LogP contribution in [0.15, 0.2) is 0 Å². The Morgan fingerprint density at radius 3 is 2.38 bits per heavy atom. The predicted molar refractivity (Wildman–Crippen MR) is 43.9 cm³/mol. The summed E-state index contributed by atoms with van der Waals surface area (Å²) in [6, 6.07) is 0. The Hall–Kier alpha value is -1.10. The second-order valence-electron chi connectivity index (χ2n) is 2.51. The van der Waals surface area contributed by atoms with E-state index in [2.05, 4.69) is 9.47 Å². The molecule has 5 nitrogen and oxygen atoms in total. The van der Waals surface area contributed by atoms with Crippen molar-refractivity contribution in [1.82, 2.24) is 0 Å². The number of hydrogen-bond acceptors (Lipinski definition) is 5. The molecule has 5 heteroatoms. The van der Waals surface area contributed by atoms with Crippen LogP contribution in [0.25, 0.3) is 0 Å². The van der Waals surface area contributed by atoms with Crippen molar-refractivity contribution in [2.24, 2.45) is 0 Å². The van der Waals surface area contributed by atoms with Gasteiger partial charge >= 0.3 is 11.9 Å². The Kier molecular flexibility index (Phi) is 5.06. The van der Waals surface area contributed by atoms with E-state index in [1.165, 1.54) is 13.8 Å². The van der Waals surface area contributed by atoms with E-state index in [-0.39, 0.29) is 6.61 Å². The van der Waals surface area contributed by atoms with E-state index in [0.717, 1.165) is 0 Å². The molecule has 1 N–H and O–H groups in total. The second kappa shape index (κ2) is 5.53. The van der Waals surface area contributed by atoms with Crippen LogP contribution in [-0.4, -0.2) is 35.9 Å². The average Bonchev–Trinajstić information content (AvgIpc) is 2.02. The summed E-state index contributed by atoms with van der Waals surface area (Å²) in [6.45, 7) is 4.43. The standard InChI is InChI=1S/C8H14O5/c1-4-12-8(11)7(10)5(2)13-6(3)9/h5,7,10H,4H2,1-3H3/t5-,7+/m1/s1. The van der Waals surface area contributed by atoms with Crippen molar-refractivity contribution in [3.63, 3.8) is 0 Å². The number of carbonyl (C=O) groups excluding carboxylic acids is 2. The lowest BCUT2D eigenvalue weighted by molar-refractivity contribution is -0.166. The lowest BCUT2D eigenvalue weighted by Crippen LogP contribution is -2.36. The Morgan fingerprint density at radius 1 is 1.46 bits per heavy atom. The largest absolute Gasteiger partial charge is 0.464 e. The molecule has 0 aliphatic rings. The highest BCUT2D eigenvalue weighted by Crippen LogP contribution is 2.01. The van der Waals surface area contributed by atoms with E-state index < -0.39 is 24.1 Å². The zero-order valence-corrected chi connectivity index (χ0v) is 7.94. The van der Waals surface area contributed by atoms with Gasteiger partial charge in [-0.05, 0) is 13.8 Å². The van der Waals surface area contributed by atoms with Crippen molar-refractivity contribution in [2.45, 2.75) is 33.0 Å². The third kappa shape index (κ3) is 4.47. The van der Waals surface area contributed by atoms with E-state index in [1.54, 1.807) is 6.92 Å². The van der Waals surface area contributed by atoms with Crippen molar-refractivity contribution in [1.29, 1.82) is 0 Å². The first-order valence-electron chi connectivity index (χ1n) is 4.01. The van der Waals surface area contributed by atoms with Crippen molar-refractivity contribution in [2.75, 3.05) is 6.61 Å². The minimum Gasteiger partial charge on any atom is -0.464 e. The van der Waals surface area contributed by atoms with E-state index >= 15 is 0 Å². The lowest BCUT2D eigenvalue weighted by Gasteiger charge is -2.16. The van der Waals surface area contributed by atoms with Gasteiger partial charge < -0.3 is 14.6 Å². The highest BCUT2D eigenvalue weighted by atomic mass is 16.6. The molecule has 76 valence electrons. The van der Waals surface area contributed by atoms with Crippen LogP contribution in [0.5, 0.6) is 0 Å². The summed E-state index contributed by atoms with van der Waals surface area (Å²) < 4.78 is 9.12. The molecule has 0 amide bonds. The second-order valence-corrected chi connectivity index (χ2v) is 2.51. The van der Waals surface area contributed by atoms with Crippen LogP contribution in [0.1, 0.15) is 20.8 Å². The normalized spacial score (nSPS) is 14.5. The maximum absolute atomic E-state index is 10.9. The monoisotopic (exact) mass is 190 g/mol. The fourth-order valence-corrected chi connectivity index (χ4v) is 0.746. The Balaban J connectivity index is 4.00. The molecule has 0 rings (SSSR count). The summed E-state index contributed by atoms with van der Waals surface area (Å²) in [5.74, 6) is -1.33. The molecule has 0 fully saturated rings. The minimum absolute atomic E-state index is 0.183. The average molecular weight is 190 g/mol. The third-order valence-electron chi connectivity index (χ3n) is 1.32. The van der Waals surface area contributed by atoms with Gasteiger partial charge in [0.2, 0.25) is 0 Å². The molecule has 0 aromatic rings. The van der Waals surface area contributed by atoms with E-state index in [0.29, 0.717) is 0 Å². The molecule has 0 saturated heterocycles. The van der Waals surface area contributed by atoms with Gasteiger partial charge in [0.15, 0.2) is 6.10 Å². The van der Waals surface area contributed by atoms with Gasteiger partial charge in [0.25, 0.3) is 0 Å². The Morgan fingerprint density at radius 2 is 2.00 bits per heavy atom. The lowest BCUT2D eigenvalue weighted by atomic mass is 10.2. The molecule has 0 aromatic heterocycles. The highest BCUT2D eigenvalue weighted by Gasteiger charge is 2.25. The molecule has 0 spiro atoms. The van der Waals surface area contributed by atoms with E-state index in [4.69, 9.17) is 0 Å². The van der Waals surface area contributed by atoms with Crippen LogP contribution in [-0.2, 0) is 19.1 Å². The fraction of sp³-hybridized carbons (Fsp3) is 0.750. The Bertz CT molecular complexity index is 189. The molecular weight excluding hydrogens is 176 g/mol. The summed E-state index contributed by atoms with van der Waals surface area (Å²) in [4.78, 5) is 21.4. The maximum Gasteiger partial charge on any atom is 0.338 e. The van der Waals surface area contributed by atoms with Crippen LogP contribution >= 0.6 is 0 Å². The van der Waals surface area contributed by atoms with Gasteiger partial charge in [-0.3, -0.25) is 4.79 Å². The molecule has 0 heterocycles. The smallest absolute Gasteiger partial charge is 0.338 e. The van der Waals surface area contributed by atoms with Gasteiger partial charge in [-0.25, -0.2) is 4.79 Å². The molecule has 0 unspecified atom stereocenters. The summed E-state index contributed by atoms with van der Waals surface area (Å²) >= 11 is 0. The van der Waals surface area contributed by atoms with Gasteiger partial charge in [0, 0.05) is 6.92 Å². The third-order valence-corrected chi connectivity index (χ3v) is 1.32. The number of esters is 2. The number of hydrogen-bond donors (Lipinski definition) is 1. The van der Waals surface area contributed by atoms with Crippen LogP contribution in [0.3, 0.4) is 0 Å². The molecule has 0 aliphatic carbocycles. The van der Waals surface area contributed by atoms with Crippen molar-refractivity contribution in [3.8, 4) is 0 Å². The van der Waals surface area contributed by atoms with Crippen molar-refractivity contribution in [3.05, 3.63) is 0 Å². The molecule has 0 bridgehead atoms. The van der Waals surface area contributed by atoms with Crippen LogP contribution in [0, 0.1) is 0 Å². The number of aliphatic hydroxyl groups excluding tert-OH is 1. The zero-order valence-electron chi connectivity index (χ0n) is 7.94. The maximum atomic E-state index is 10.9. The minimum atomic E-state index is -1.41. The summed E-state index contributed by atoms with van der Waals surface area (Å²) in [5, 5.41) is 9.21. The highest BCUT2D eigenvalue weighted by molar-refractivity contribution is 5.75. The predicted octanol–water partition coefficient (Wildman–Crippen LogP) is -0.138. The summed E-state index contributed by atoms with van der Waals surface area (Å²) in [6.07, 6.45) is -2.29. The van der Waals surface area contributed by atoms with E-state index in [9.17, 15) is 14.7 Å². The molecule has 0 aliphatic heterocycles. The number of rotatable bonds is 4. The molecule has 0 aromatic carbocycles. The molecule has 13 heavy (non-hydrogen) atoms. The molecule has 0 radical (unpaired) electrons. The molecule has 2 atom stereocenters. The topological polar surface area (TPSA) is 72.8 Å². The number of carbonyl (C=O) groups is 2. The van der Waals surface area contributed by atoms with Crippen LogP contribution < -0.4 is 0 Å². The SMILES string of the molecule is CCOC(=O)[C@@H](O)[C@@H](C)OC(C)=O. The number of ether oxygens (including phenoxy) is 2. The van der Waals surface area contributed by atoms with Crippen molar-refractivity contribution < 1.29 is 24.2 Å². The number of aliphatic hydroxyl groups is 1. The first kappa shape index (κ1) is 11.9. The summed E-state index contributed by atoms with van der Waals surface area (Å²) in [7, 11) is 0. The van der Waals surface area contributed by atoms with E-state index in [1.807, 2.05) is 0 Å².